The van der Waals surface area contributed by atoms with Crippen LogP contribution in [0.5, 0.6) is 0 Å². The first-order valence-electron chi connectivity index (χ1n) is 17.3. The largest absolute Gasteiger partial charge is 0.475 e. The van der Waals surface area contributed by atoms with Gasteiger partial charge in [0.05, 0.1) is 102 Å². The van der Waals surface area contributed by atoms with Crippen molar-refractivity contribution in [2.75, 3.05) is 52.0 Å². The average molecular weight is 827 g/mol. The molecule has 3 fully saturated rings. The van der Waals surface area contributed by atoms with E-state index >= 15 is 0 Å². The number of rotatable bonds is 26. The molecular weight excluding hydrogens is 780 g/mol. The first kappa shape index (κ1) is 46.6. The van der Waals surface area contributed by atoms with Gasteiger partial charge in [0.25, 0.3) is 0 Å². The predicted molar refractivity (Wildman–Crippen MR) is 195 cm³/mol. The molecule has 0 spiro atoms. The number of aliphatic hydroxyl groups excluding tert-OH is 1. The Morgan fingerprint density at radius 3 is 1.30 bits per heavy atom. The molecule has 0 bridgehead atoms. The van der Waals surface area contributed by atoms with Crippen LogP contribution in [0.25, 0.3) is 0 Å². The van der Waals surface area contributed by atoms with Crippen LogP contribution in [-0.2, 0) is 68.6 Å². The number of thiol groups is 1. The van der Waals surface area contributed by atoms with Crippen molar-refractivity contribution in [1.29, 1.82) is 15.8 Å². The van der Waals surface area contributed by atoms with Crippen molar-refractivity contribution < 1.29 is 73.7 Å². The number of phosphoric ester groups is 3. The normalized spacial score (nSPS) is 31.9. The van der Waals surface area contributed by atoms with Crippen molar-refractivity contribution in [1.82, 2.24) is 0 Å². The minimum absolute atomic E-state index is 0.0190. The van der Waals surface area contributed by atoms with Crippen molar-refractivity contribution in [2.24, 2.45) is 0 Å². The third-order valence-electron chi connectivity index (χ3n) is 7.87. The van der Waals surface area contributed by atoms with Crippen molar-refractivity contribution in [2.45, 2.75) is 99.6 Å². The maximum atomic E-state index is 14.1. The highest BCUT2D eigenvalue weighted by Crippen LogP contribution is 2.56. The van der Waals surface area contributed by atoms with Gasteiger partial charge in [0.1, 0.15) is 41.9 Å². The average Bonchev–Trinajstić information content (AvgIpc) is 3.76. The van der Waals surface area contributed by atoms with E-state index in [0.29, 0.717) is 18.6 Å². The van der Waals surface area contributed by atoms with Crippen LogP contribution in [0.3, 0.4) is 0 Å². The number of hydrogen-bond donors (Lipinski definition) is 2. The maximum Gasteiger partial charge on any atom is 0.475 e. The molecule has 3 saturated heterocycles. The molecule has 26 heteroatoms. The molecule has 0 amide bonds. The third kappa shape index (κ3) is 15.9. The lowest BCUT2D eigenvalue weighted by molar-refractivity contribution is -0.0386. The SMILES string of the molecule is B[C@H]1C[C@@H](OP(=O)(OCCC#N)OCC2O[C@@H](B)C[C@H]2OP(=O)(OCCC#N)OCC2O[C@@H](B)C[C@H]2OP(=O)(OCCC#N)OCCCS)C(CO)O1. The zero-order valence-corrected chi connectivity index (χ0v) is 33.6. The molecule has 0 aromatic heterocycles. The third-order valence-corrected chi connectivity index (χ3v) is 12.7. The number of aliphatic hydroxyl groups is 1. The van der Waals surface area contributed by atoms with E-state index in [1.54, 1.807) is 23.5 Å². The van der Waals surface area contributed by atoms with Crippen molar-refractivity contribution >= 4 is 59.6 Å². The summed E-state index contributed by atoms with van der Waals surface area (Å²) in [4.78, 5) is 0. The molecule has 296 valence electrons. The molecule has 3 heterocycles. The molecule has 6 unspecified atom stereocenters. The van der Waals surface area contributed by atoms with Crippen molar-refractivity contribution in [3.8, 4) is 18.2 Å². The molecule has 0 radical (unpaired) electrons. The van der Waals surface area contributed by atoms with Gasteiger partial charge in [-0.15, -0.1) is 0 Å². The van der Waals surface area contributed by atoms with Crippen molar-refractivity contribution in [3.05, 3.63) is 0 Å². The zero-order chi connectivity index (χ0) is 38.9. The fourth-order valence-electron chi connectivity index (χ4n) is 5.52. The summed E-state index contributed by atoms with van der Waals surface area (Å²) in [6.45, 7) is -2.03. The van der Waals surface area contributed by atoms with Crippen LogP contribution in [0.2, 0.25) is 0 Å². The lowest BCUT2D eigenvalue weighted by Gasteiger charge is -2.28. The Hall–Kier alpha value is -0.815. The zero-order valence-electron chi connectivity index (χ0n) is 30.0. The summed E-state index contributed by atoms with van der Waals surface area (Å²) >= 11 is 4.13. The summed E-state index contributed by atoms with van der Waals surface area (Å²) in [5, 5.41) is 36.7. The fourth-order valence-corrected chi connectivity index (χ4v) is 9.85. The van der Waals surface area contributed by atoms with Crippen LogP contribution in [0, 0.1) is 34.0 Å². The summed E-state index contributed by atoms with van der Waals surface area (Å²) in [5.74, 6) is 0.459. The molecule has 19 nitrogen and oxygen atoms in total. The minimum atomic E-state index is -4.50. The second-order valence-electron chi connectivity index (χ2n) is 12.3. The van der Waals surface area contributed by atoms with Gasteiger partial charge in [0, 0.05) is 18.0 Å². The first-order chi connectivity index (χ1) is 25.3. The molecule has 0 aromatic carbocycles. The van der Waals surface area contributed by atoms with E-state index in [-0.39, 0.29) is 64.5 Å². The van der Waals surface area contributed by atoms with Gasteiger partial charge in [-0.3, -0.25) is 40.7 Å². The van der Waals surface area contributed by atoms with Crippen LogP contribution >= 0.6 is 36.1 Å². The number of nitriles is 3. The lowest BCUT2D eigenvalue weighted by Crippen LogP contribution is -2.32. The minimum Gasteiger partial charge on any atom is -0.394 e. The van der Waals surface area contributed by atoms with Gasteiger partial charge in [0.2, 0.25) is 0 Å². The van der Waals surface area contributed by atoms with E-state index in [1.807, 2.05) is 18.2 Å². The van der Waals surface area contributed by atoms with E-state index < -0.39 is 91.9 Å². The Morgan fingerprint density at radius 1 is 0.604 bits per heavy atom. The molecule has 0 aliphatic carbocycles. The molecule has 53 heavy (non-hydrogen) atoms. The monoisotopic (exact) mass is 827 g/mol. The van der Waals surface area contributed by atoms with Crippen LogP contribution in [0.4, 0.5) is 0 Å². The highest BCUT2D eigenvalue weighted by Gasteiger charge is 2.46. The van der Waals surface area contributed by atoms with Crippen LogP contribution in [0.1, 0.15) is 44.9 Å². The molecule has 12 atom stereocenters. The Labute approximate surface area is 318 Å². The predicted octanol–water partition coefficient (Wildman–Crippen LogP) is 0.863. The number of hydrogen-bond acceptors (Lipinski definition) is 20. The Morgan fingerprint density at radius 2 is 0.943 bits per heavy atom. The standard InChI is InChI=1S/C27H47B3N3O16P3S/c28-25-13-19(22(16-34)44-25)47-51(36,39-9-2-6-32)42-18-24-21(15-27(30)46-24)49-52(37,40-10-3-7-33)43-17-23-20(14-26(29)45-23)48-50(35,38-8-1-5-31)41-11-4-12-53/h19-27,34,53H,1-4,8-18,28-30H2/t19-,20-,21-,22?,23?,24?,25-,26-,27-,50?,51?,52?/m1/s1. The summed E-state index contributed by atoms with van der Waals surface area (Å²) < 4.78 is 109. The second kappa shape index (κ2) is 23.4. The highest BCUT2D eigenvalue weighted by atomic mass is 32.1. The van der Waals surface area contributed by atoms with Crippen molar-refractivity contribution in [3.63, 3.8) is 0 Å². The first-order valence-corrected chi connectivity index (χ1v) is 22.3. The quantitative estimate of drug-likeness (QED) is 0.0531. The van der Waals surface area contributed by atoms with Gasteiger partial charge in [-0.1, -0.05) is 0 Å². The molecule has 1 N–H and O–H groups in total. The number of ether oxygens (including phenoxy) is 3. The van der Waals surface area contributed by atoms with Crippen LogP contribution in [-0.4, -0.2) is 135 Å². The van der Waals surface area contributed by atoms with Gasteiger partial charge >= 0.3 is 23.5 Å². The van der Waals surface area contributed by atoms with Gasteiger partial charge in [-0.2, -0.15) is 28.4 Å². The van der Waals surface area contributed by atoms with Gasteiger partial charge in [0.15, 0.2) is 0 Å². The van der Waals surface area contributed by atoms with E-state index in [4.69, 9.17) is 70.7 Å². The Kier molecular flexibility index (Phi) is 20.6. The van der Waals surface area contributed by atoms with E-state index in [1.165, 1.54) is 0 Å². The Balaban J connectivity index is 1.72. The molecular formula is C27H47B3N3O16P3S. The van der Waals surface area contributed by atoms with Gasteiger partial charge in [-0.25, -0.2) is 13.7 Å². The number of nitrogens with zero attached hydrogens (tertiary/aromatic N) is 3. The molecule has 3 aliphatic rings. The molecule has 0 aromatic rings. The summed E-state index contributed by atoms with van der Waals surface area (Å²) in [7, 11) is -7.78. The van der Waals surface area contributed by atoms with Crippen LogP contribution < -0.4 is 0 Å². The fraction of sp³-hybridized carbons (Fsp3) is 0.889. The summed E-state index contributed by atoms with van der Waals surface area (Å²) in [6.07, 6.45) is -4.58. The summed E-state index contributed by atoms with van der Waals surface area (Å²) in [6, 6.07) is 4.53. The lowest BCUT2D eigenvalue weighted by atomic mass is 9.96. The molecule has 3 aliphatic heterocycles. The van der Waals surface area contributed by atoms with Gasteiger partial charge < -0.3 is 19.3 Å². The molecule has 0 saturated carbocycles. The van der Waals surface area contributed by atoms with E-state index in [2.05, 4.69) is 12.6 Å². The smallest absolute Gasteiger partial charge is 0.394 e. The topological polar surface area (TPSA) is 254 Å². The van der Waals surface area contributed by atoms with E-state index in [9.17, 15) is 18.8 Å². The van der Waals surface area contributed by atoms with Gasteiger partial charge in [-0.05, 0) is 31.4 Å². The summed E-state index contributed by atoms with van der Waals surface area (Å²) in [5.41, 5.74) is 0. The molecule has 3 rings (SSSR count). The maximum absolute atomic E-state index is 14.1. The van der Waals surface area contributed by atoms with Crippen LogP contribution in [0.15, 0.2) is 0 Å². The second-order valence-corrected chi connectivity index (χ2v) is 17.7. The Bertz CT molecular complexity index is 1410. The highest BCUT2D eigenvalue weighted by molar-refractivity contribution is 7.80. The number of phosphoric acid groups is 3. The van der Waals surface area contributed by atoms with E-state index in [0.717, 1.165) is 0 Å².